The summed E-state index contributed by atoms with van der Waals surface area (Å²) in [4.78, 5) is 7.07. The van der Waals surface area contributed by atoms with Crippen molar-refractivity contribution in [3.63, 3.8) is 0 Å². The fourth-order valence-corrected chi connectivity index (χ4v) is 1.89. The van der Waals surface area contributed by atoms with E-state index >= 15 is 0 Å². The highest BCUT2D eigenvalue weighted by atomic mass is 14.8. The Bertz CT molecular complexity index is 496. The van der Waals surface area contributed by atoms with Crippen LogP contribution in [0.15, 0.2) is 30.7 Å². The molecule has 0 aliphatic rings. The van der Waals surface area contributed by atoms with E-state index in [2.05, 4.69) is 54.2 Å². The van der Waals surface area contributed by atoms with Gasteiger partial charge in [-0.05, 0) is 35.6 Å². The van der Waals surface area contributed by atoms with Gasteiger partial charge in [-0.1, -0.05) is 38.1 Å². The number of rotatable bonds is 4. The minimum absolute atomic E-state index is 1.03. The molecule has 0 fully saturated rings. The number of imidazole rings is 1. The van der Waals surface area contributed by atoms with Gasteiger partial charge in [-0.2, -0.15) is 0 Å². The molecule has 1 aromatic heterocycles. The van der Waals surface area contributed by atoms with E-state index in [0.29, 0.717) is 0 Å². The average Bonchev–Trinajstić information content (AvgIpc) is 2.89. The summed E-state index contributed by atoms with van der Waals surface area (Å²) in [5.41, 5.74) is 5.13. The van der Waals surface area contributed by atoms with E-state index in [4.69, 9.17) is 0 Å². The van der Waals surface area contributed by atoms with Gasteiger partial charge in [0.05, 0.1) is 18.2 Å². The largest absolute Gasteiger partial charge is 0.345 e. The third-order valence-electron chi connectivity index (χ3n) is 2.96. The van der Waals surface area contributed by atoms with Gasteiger partial charge in [0, 0.05) is 0 Å². The minimum atomic E-state index is 1.03. The predicted molar refractivity (Wildman–Crippen MR) is 72.7 cm³/mol. The lowest BCUT2D eigenvalue weighted by Crippen LogP contribution is -1.89. The summed E-state index contributed by atoms with van der Waals surface area (Å²) in [5, 5.41) is 0. The topological polar surface area (TPSA) is 28.7 Å². The second kappa shape index (κ2) is 5.48. The fraction of sp³-hybridized carbons (Fsp3) is 0.267. The van der Waals surface area contributed by atoms with Crippen LogP contribution in [0, 0.1) is 0 Å². The maximum atomic E-state index is 4.00. The Hall–Kier alpha value is -1.83. The molecule has 1 heterocycles. The van der Waals surface area contributed by atoms with Gasteiger partial charge in [-0.25, -0.2) is 4.98 Å². The first kappa shape index (κ1) is 11.6. The van der Waals surface area contributed by atoms with Crippen LogP contribution in [-0.4, -0.2) is 9.97 Å². The van der Waals surface area contributed by atoms with Crippen LogP contribution in [0.25, 0.3) is 12.2 Å². The summed E-state index contributed by atoms with van der Waals surface area (Å²) in [6, 6.07) is 6.70. The lowest BCUT2D eigenvalue weighted by atomic mass is 10.0. The van der Waals surface area contributed by atoms with Crippen LogP contribution in [0.3, 0.4) is 0 Å². The zero-order valence-electron chi connectivity index (χ0n) is 10.4. The number of hydrogen-bond acceptors (Lipinski definition) is 1. The van der Waals surface area contributed by atoms with Crippen molar-refractivity contribution in [3.8, 4) is 0 Å². The molecule has 88 valence electrons. The third-order valence-corrected chi connectivity index (χ3v) is 2.96. The predicted octanol–water partition coefficient (Wildman–Crippen LogP) is 3.70. The summed E-state index contributed by atoms with van der Waals surface area (Å²) in [7, 11) is 0. The molecule has 0 amide bonds. The summed E-state index contributed by atoms with van der Waals surface area (Å²) in [6.07, 6.45) is 9.88. The van der Waals surface area contributed by atoms with Crippen LogP contribution in [-0.2, 0) is 12.8 Å². The van der Waals surface area contributed by atoms with E-state index in [1.807, 2.05) is 6.20 Å². The minimum Gasteiger partial charge on any atom is -0.345 e. The maximum Gasteiger partial charge on any atom is 0.0924 e. The van der Waals surface area contributed by atoms with Crippen molar-refractivity contribution in [1.82, 2.24) is 9.97 Å². The van der Waals surface area contributed by atoms with Gasteiger partial charge in [-0.15, -0.1) is 0 Å². The van der Waals surface area contributed by atoms with Crippen molar-refractivity contribution in [1.29, 1.82) is 0 Å². The Balaban J connectivity index is 2.26. The summed E-state index contributed by atoms with van der Waals surface area (Å²) in [6.45, 7) is 4.39. The second-order valence-corrected chi connectivity index (χ2v) is 4.08. The lowest BCUT2D eigenvalue weighted by Gasteiger charge is -2.05. The van der Waals surface area contributed by atoms with Crippen molar-refractivity contribution in [3.05, 3.63) is 53.1 Å². The van der Waals surface area contributed by atoms with Gasteiger partial charge in [0.1, 0.15) is 0 Å². The average molecular weight is 226 g/mol. The molecule has 0 bridgehead atoms. The highest BCUT2D eigenvalue weighted by Gasteiger charge is 1.99. The normalized spacial score (nSPS) is 11.2. The molecule has 2 heteroatoms. The van der Waals surface area contributed by atoms with Gasteiger partial charge < -0.3 is 4.98 Å². The van der Waals surface area contributed by atoms with Crippen LogP contribution in [0.5, 0.6) is 0 Å². The molecule has 2 nitrogen and oxygen atoms in total. The molecular formula is C15H18N2. The van der Waals surface area contributed by atoms with Crippen molar-refractivity contribution < 1.29 is 0 Å². The Kier molecular flexibility index (Phi) is 3.76. The molecule has 0 aliphatic carbocycles. The molecule has 0 aliphatic heterocycles. The lowest BCUT2D eigenvalue weighted by molar-refractivity contribution is 1.08. The molecule has 0 radical (unpaired) electrons. The van der Waals surface area contributed by atoms with Crippen LogP contribution < -0.4 is 0 Å². The van der Waals surface area contributed by atoms with Gasteiger partial charge >= 0.3 is 0 Å². The number of benzene rings is 1. The number of aryl methyl sites for hydroxylation is 2. The number of nitrogens with one attached hydrogen (secondary N) is 1. The second-order valence-electron chi connectivity index (χ2n) is 4.08. The Morgan fingerprint density at radius 2 is 2.06 bits per heavy atom. The Labute approximate surface area is 102 Å². The van der Waals surface area contributed by atoms with E-state index in [-0.39, 0.29) is 0 Å². The first-order chi connectivity index (χ1) is 8.33. The molecule has 0 saturated carbocycles. The number of hydrogen-bond donors (Lipinski definition) is 1. The number of nitrogens with zero attached hydrogens (tertiary/aromatic N) is 1. The molecule has 2 rings (SSSR count). The monoisotopic (exact) mass is 226 g/mol. The molecule has 17 heavy (non-hydrogen) atoms. The zero-order valence-corrected chi connectivity index (χ0v) is 10.4. The molecule has 2 aromatic rings. The smallest absolute Gasteiger partial charge is 0.0924 e. The molecule has 1 aromatic carbocycles. The van der Waals surface area contributed by atoms with Crippen molar-refractivity contribution in [2.45, 2.75) is 26.7 Å². The Morgan fingerprint density at radius 1 is 1.18 bits per heavy atom. The van der Waals surface area contributed by atoms with E-state index in [0.717, 1.165) is 18.5 Å². The van der Waals surface area contributed by atoms with Gasteiger partial charge in [0.25, 0.3) is 0 Å². The highest BCUT2D eigenvalue weighted by Crippen LogP contribution is 2.16. The molecule has 0 spiro atoms. The van der Waals surface area contributed by atoms with Gasteiger partial charge in [0.15, 0.2) is 0 Å². The van der Waals surface area contributed by atoms with E-state index in [1.165, 1.54) is 16.7 Å². The van der Waals surface area contributed by atoms with E-state index < -0.39 is 0 Å². The van der Waals surface area contributed by atoms with Crippen LogP contribution in [0.2, 0.25) is 0 Å². The molecule has 0 saturated heterocycles. The summed E-state index contributed by atoms with van der Waals surface area (Å²) >= 11 is 0. The van der Waals surface area contributed by atoms with Crippen LogP contribution in [0.4, 0.5) is 0 Å². The highest BCUT2D eigenvalue weighted by molar-refractivity contribution is 5.69. The Morgan fingerprint density at radius 3 is 2.71 bits per heavy atom. The standard InChI is InChI=1S/C15H18N2/c1-3-12-5-6-14(13(4-2)9-12)7-8-15-10-16-11-17-15/h5-11H,3-4H2,1-2H3,(H,16,17)/b8-7+. The molecule has 1 N–H and O–H groups in total. The molecule has 0 atom stereocenters. The number of H-pyrrole nitrogens is 1. The number of aromatic nitrogens is 2. The van der Waals surface area contributed by atoms with Gasteiger partial charge in [-0.3, -0.25) is 0 Å². The fourth-order valence-electron chi connectivity index (χ4n) is 1.89. The first-order valence-corrected chi connectivity index (χ1v) is 6.11. The maximum absolute atomic E-state index is 4.00. The van der Waals surface area contributed by atoms with Crippen molar-refractivity contribution in [2.75, 3.05) is 0 Å². The summed E-state index contributed by atoms with van der Waals surface area (Å²) in [5.74, 6) is 0. The van der Waals surface area contributed by atoms with Crippen LogP contribution in [0.1, 0.15) is 36.2 Å². The van der Waals surface area contributed by atoms with Gasteiger partial charge in [0.2, 0.25) is 0 Å². The van der Waals surface area contributed by atoms with Crippen LogP contribution >= 0.6 is 0 Å². The first-order valence-electron chi connectivity index (χ1n) is 6.11. The van der Waals surface area contributed by atoms with Crippen molar-refractivity contribution in [2.24, 2.45) is 0 Å². The molecule has 0 unspecified atom stereocenters. The van der Waals surface area contributed by atoms with E-state index in [9.17, 15) is 0 Å². The number of aromatic amines is 1. The van der Waals surface area contributed by atoms with Crippen molar-refractivity contribution >= 4 is 12.2 Å². The molecular weight excluding hydrogens is 208 g/mol. The summed E-state index contributed by atoms with van der Waals surface area (Å²) < 4.78 is 0. The SMILES string of the molecule is CCc1ccc(/C=C/c2cnc[nH]2)c(CC)c1. The van der Waals surface area contributed by atoms with E-state index in [1.54, 1.807) is 6.33 Å². The third kappa shape index (κ3) is 2.84. The zero-order chi connectivity index (χ0) is 12.1. The quantitative estimate of drug-likeness (QED) is 0.846.